The second-order valence-electron chi connectivity index (χ2n) is 12.9. The molecule has 288 valence electrons. The molecule has 0 amide bonds. The van der Waals surface area contributed by atoms with Crippen molar-refractivity contribution in [2.75, 3.05) is 39.6 Å². The van der Waals surface area contributed by atoms with Crippen LogP contribution in [0.15, 0.2) is 92.0 Å². The second-order valence-corrected chi connectivity index (χ2v) is 12.9. The Labute approximate surface area is 316 Å². The van der Waals surface area contributed by atoms with Crippen molar-refractivity contribution >= 4 is 30.1 Å². The van der Waals surface area contributed by atoms with Gasteiger partial charge in [-0.2, -0.15) is 0 Å². The largest absolute Gasteiger partial charge is 0.490 e. The third-order valence-electron chi connectivity index (χ3n) is 7.48. The monoisotopic (exact) mass is 743 g/mol. The summed E-state index contributed by atoms with van der Waals surface area (Å²) in [5, 5.41) is 7.88. The molecule has 12 nitrogen and oxygen atoms in total. The predicted octanol–water partition coefficient (Wildman–Crippen LogP) is 6.66. The third kappa shape index (κ3) is 15.9. The lowest BCUT2D eigenvalue weighted by molar-refractivity contribution is -0.148. The summed E-state index contributed by atoms with van der Waals surface area (Å²) >= 11 is 0. The summed E-state index contributed by atoms with van der Waals surface area (Å²) in [6.07, 6.45) is 4.80. The predicted molar refractivity (Wildman–Crippen MR) is 202 cm³/mol. The van der Waals surface area contributed by atoms with Gasteiger partial charge in [0.05, 0.1) is 37.6 Å². The van der Waals surface area contributed by atoms with E-state index in [-0.39, 0.29) is 38.6 Å². The SMILES string of the molecule is C=CC(=O)OCCCCOCC(COc1ccc(C(=O)OCCc2ccc(CCOC(=O)c3ccc(OC(C)(C)C)cc3)cc2C=N)cc1)OC(=O)C=C. The summed E-state index contributed by atoms with van der Waals surface area (Å²) in [6, 6.07) is 18.8. The highest BCUT2D eigenvalue weighted by Crippen LogP contribution is 2.20. The highest BCUT2D eigenvalue weighted by molar-refractivity contribution is 5.90. The van der Waals surface area contributed by atoms with E-state index in [2.05, 4.69) is 13.2 Å². The van der Waals surface area contributed by atoms with Crippen molar-refractivity contribution in [1.82, 2.24) is 0 Å². The van der Waals surface area contributed by atoms with Crippen molar-refractivity contribution in [3.8, 4) is 11.5 Å². The van der Waals surface area contributed by atoms with Gasteiger partial charge in [-0.3, -0.25) is 0 Å². The molecule has 0 bridgehead atoms. The zero-order valence-corrected chi connectivity index (χ0v) is 31.1. The molecule has 0 radical (unpaired) electrons. The van der Waals surface area contributed by atoms with Crippen LogP contribution in [0.2, 0.25) is 0 Å². The standard InChI is InChI=1S/C42H49NO11/c1-6-38(44)49-23-9-8-22-48-28-37(53-39(45)7-2)29-52-35-16-12-32(13-17-35)41(47)51-25-21-31-11-10-30(26-34(31)27-43)20-24-50-40(46)33-14-18-36(19-15-33)54-42(3,4)5/h6-7,10-19,26-27,37,43H,1-2,8-9,20-25,28-29H2,3-5H3. The second kappa shape index (κ2) is 22.3. The molecule has 0 saturated carbocycles. The fourth-order valence-electron chi connectivity index (χ4n) is 4.81. The van der Waals surface area contributed by atoms with E-state index >= 15 is 0 Å². The Balaban J connectivity index is 1.40. The van der Waals surface area contributed by atoms with Gasteiger partial charge >= 0.3 is 23.9 Å². The molecule has 0 spiro atoms. The molecule has 3 aromatic rings. The molecule has 54 heavy (non-hydrogen) atoms. The van der Waals surface area contributed by atoms with Gasteiger partial charge in [0.25, 0.3) is 0 Å². The molecule has 12 heteroatoms. The fourth-order valence-corrected chi connectivity index (χ4v) is 4.81. The van der Waals surface area contributed by atoms with Crippen LogP contribution in [0, 0.1) is 5.41 Å². The maximum atomic E-state index is 12.7. The van der Waals surface area contributed by atoms with E-state index in [0.29, 0.717) is 60.5 Å². The van der Waals surface area contributed by atoms with E-state index in [0.717, 1.165) is 23.3 Å². The zero-order valence-electron chi connectivity index (χ0n) is 31.1. The lowest BCUT2D eigenvalue weighted by Crippen LogP contribution is -2.29. The maximum absolute atomic E-state index is 12.7. The molecule has 0 fully saturated rings. The van der Waals surface area contributed by atoms with Crippen LogP contribution in [0.25, 0.3) is 0 Å². The van der Waals surface area contributed by atoms with Gasteiger partial charge in [0, 0.05) is 37.8 Å². The van der Waals surface area contributed by atoms with Crippen molar-refractivity contribution in [1.29, 1.82) is 5.41 Å². The molecule has 0 aromatic heterocycles. The van der Waals surface area contributed by atoms with Crippen molar-refractivity contribution in [3.63, 3.8) is 0 Å². The minimum atomic E-state index is -0.709. The van der Waals surface area contributed by atoms with E-state index in [1.807, 2.05) is 39.0 Å². The quantitative estimate of drug-likeness (QED) is 0.0364. The Bertz CT molecular complexity index is 1710. The summed E-state index contributed by atoms with van der Waals surface area (Å²) in [5.41, 5.74) is 2.83. The number of esters is 4. The lowest BCUT2D eigenvalue weighted by Gasteiger charge is -2.21. The number of carbonyl (C=O) groups excluding carboxylic acids is 4. The molecular weight excluding hydrogens is 694 g/mol. The smallest absolute Gasteiger partial charge is 0.338 e. The molecule has 0 heterocycles. The Hall–Kier alpha value is -5.75. The van der Waals surface area contributed by atoms with Crippen LogP contribution in [0.3, 0.4) is 0 Å². The summed E-state index contributed by atoms with van der Waals surface area (Å²) in [5.74, 6) is -0.923. The number of unbranched alkanes of at least 4 members (excludes halogenated alkanes) is 1. The molecule has 0 aliphatic heterocycles. The van der Waals surface area contributed by atoms with Crippen LogP contribution in [-0.4, -0.2) is 81.4 Å². The highest BCUT2D eigenvalue weighted by atomic mass is 16.6. The van der Waals surface area contributed by atoms with Crippen molar-refractivity contribution in [2.45, 2.75) is 58.2 Å². The van der Waals surface area contributed by atoms with E-state index in [9.17, 15) is 19.2 Å². The van der Waals surface area contributed by atoms with E-state index < -0.39 is 30.0 Å². The Morgan fingerprint density at radius 1 is 0.704 bits per heavy atom. The van der Waals surface area contributed by atoms with Crippen LogP contribution >= 0.6 is 0 Å². The topological polar surface area (TPSA) is 157 Å². The van der Waals surface area contributed by atoms with Crippen molar-refractivity contribution in [3.05, 3.63) is 120 Å². The molecule has 0 aliphatic rings. The van der Waals surface area contributed by atoms with Gasteiger partial charge in [-0.1, -0.05) is 25.3 Å². The first-order valence-electron chi connectivity index (χ1n) is 17.6. The molecule has 3 rings (SSSR count). The van der Waals surface area contributed by atoms with Crippen LogP contribution in [-0.2, 0) is 46.1 Å². The molecule has 0 saturated heterocycles. The van der Waals surface area contributed by atoms with E-state index in [1.165, 1.54) is 6.21 Å². The highest BCUT2D eigenvalue weighted by Gasteiger charge is 2.16. The molecule has 3 aromatic carbocycles. The van der Waals surface area contributed by atoms with Gasteiger partial charge in [-0.15, -0.1) is 0 Å². The van der Waals surface area contributed by atoms with E-state index in [1.54, 1.807) is 48.5 Å². The van der Waals surface area contributed by atoms with Crippen LogP contribution in [0.1, 0.15) is 71.0 Å². The Kier molecular flexibility index (Phi) is 17.7. The van der Waals surface area contributed by atoms with Crippen LogP contribution < -0.4 is 9.47 Å². The van der Waals surface area contributed by atoms with Gasteiger partial charge in [0.15, 0.2) is 6.10 Å². The molecule has 1 atom stereocenters. The van der Waals surface area contributed by atoms with Crippen LogP contribution in [0.4, 0.5) is 0 Å². The van der Waals surface area contributed by atoms with Crippen molar-refractivity contribution < 1.29 is 52.3 Å². The normalized spacial score (nSPS) is 11.4. The average Bonchev–Trinajstić information content (AvgIpc) is 3.16. The minimum Gasteiger partial charge on any atom is -0.490 e. The number of rotatable bonds is 23. The van der Waals surface area contributed by atoms with E-state index in [4.69, 9.17) is 38.6 Å². The van der Waals surface area contributed by atoms with Gasteiger partial charge in [-0.05, 0) is 105 Å². The summed E-state index contributed by atoms with van der Waals surface area (Å²) in [6.45, 7) is 13.6. The number of benzene rings is 3. The number of hydrogen-bond donors (Lipinski definition) is 1. The number of ether oxygens (including phenoxy) is 7. The Morgan fingerprint density at radius 3 is 1.89 bits per heavy atom. The molecule has 1 N–H and O–H groups in total. The maximum Gasteiger partial charge on any atom is 0.338 e. The Morgan fingerprint density at radius 2 is 1.30 bits per heavy atom. The average molecular weight is 744 g/mol. The minimum absolute atomic E-state index is 0.00218. The molecule has 1 unspecified atom stereocenters. The first kappa shape index (κ1) is 42.7. The molecular formula is C42H49NO11. The zero-order chi connectivity index (χ0) is 39.3. The van der Waals surface area contributed by atoms with Gasteiger partial charge in [0.1, 0.15) is 23.7 Å². The number of nitrogens with one attached hydrogen (secondary N) is 1. The third-order valence-corrected chi connectivity index (χ3v) is 7.48. The molecule has 0 aliphatic carbocycles. The number of hydrogen-bond acceptors (Lipinski definition) is 12. The van der Waals surface area contributed by atoms with Gasteiger partial charge < -0.3 is 38.6 Å². The number of carbonyl (C=O) groups is 4. The fraction of sp³-hybridized carbons (Fsp3) is 0.357. The van der Waals surface area contributed by atoms with Crippen molar-refractivity contribution in [2.24, 2.45) is 0 Å². The summed E-state index contributed by atoms with van der Waals surface area (Å²) < 4.78 is 38.3. The summed E-state index contributed by atoms with van der Waals surface area (Å²) in [7, 11) is 0. The van der Waals surface area contributed by atoms with Gasteiger partial charge in [-0.25, -0.2) is 19.2 Å². The lowest BCUT2D eigenvalue weighted by atomic mass is 10.0. The first-order chi connectivity index (χ1) is 25.9. The first-order valence-corrected chi connectivity index (χ1v) is 17.6. The van der Waals surface area contributed by atoms with Crippen LogP contribution in [0.5, 0.6) is 11.5 Å². The van der Waals surface area contributed by atoms with Gasteiger partial charge in [0.2, 0.25) is 0 Å². The summed E-state index contributed by atoms with van der Waals surface area (Å²) in [4.78, 5) is 48.1.